The average molecular weight is 509 g/mol. The fourth-order valence-electron chi connectivity index (χ4n) is 5.02. The van der Waals surface area contributed by atoms with Crippen LogP contribution in [0.25, 0.3) is 0 Å². The van der Waals surface area contributed by atoms with E-state index in [0.29, 0.717) is 37.0 Å². The number of aryl methyl sites for hydroxylation is 1. The van der Waals surface area contributed by atoms with E-state index in [1.54, 1.807) is 24.3 Å². The minimum Gasteiger partial charge on any atom is -0.504 e. The number of hydrogen-bond donors (Lipinski definition) is 6. The first-order valence-corrected chi connectivity index (χ1v) is 11.9. The molecule has 1 aliphatic rings. The molecule has 6 N–H and O–H groups in total. The van der Waals surface area contributed by atoms with Gasteiger partial charge in [0.15, 0.2) is 29.8 Å². The summed E-state index contributed by atoms with van der Waals surface area (Å²) in [6, 6.07) is 8.21. The highest BCUT2D eigenvalue weighted by Crippen LogP contribution is 2.41. The van der Waals surface area contributed by atoms with Gasteiger partial charge in [-0.25, -0.2) is 0 Å². The Bertz CT molecular complexity index is 981. The predicted octanol–water partition coefficient (Wildman–Crippen LogP) is 1.70. The second-order valence-corrected chi connectivity index (χ2v) is 8.96. The van der Waals surface area contributed by atoms with E-state index in [4.69, 9.17) is 24.1 Å². The maximum Gasteiger partial charge on any atom is 0.200 e. The first-order chi connectivity index (χ1) is 17.3. The smallest absolute Gasteiger partial charge is 0.200 e. The monoisotopic (exact) mass is 508 g/mol. The molecule has 0 spiro atoms. The minimum absolute atomic E-state index is 0.0361. The summed E-state index contributed by atoms with van der Waals surface area (Å²) in [7, 11) is 2.87. The molecular weight excluding hydrogens is 472 g/mol. The highest BCUT2D eigenvalue weighted by atomic mass is 16.6. The van der Waals surface area contributed by atoms with Gasteiger partial charge in [-0.15, -0.1) is 0 Å². The minimum atomic E-state index is -0.929. The van der Waals surface area contributed by atoms with Crippen LogP contribution in [0, 0.1) is 11.8 Å². The second-order valence-electron chi connectivity index (χ2n) is 8.96. The van der Waals surface area contributed by atoms with Crippen LogP contribution in [0.4, 0.5) is 0 Å². The third-order valence-corrected chi connectivity index (χ3v) is 6.91. The van der Waals surface area contributed by atoms with Crippen molar-refractivity contribution in [3.05, 3.63) is 41.5 Å². The molecule has 36 heavy (non-hydrogen) atoms. The lowest BCUT2D eigenvalue weighted by Gasteiger charge is -2.41. The summed E-state index contributed by atoms with van der Waals surface area (Å²) >= 11 is 0. The summed E-state index contributed by atoms with van der Waals surface area (Å²) in [6.07, 6.45) is 0.117. The largest absolute Gasteiger partial charge is 0.504 e. The zero-order valence-electron chi connectivity index (χ0n) is 20.5. The summed E-state index contributed by atoms with van der Waals surface area (Å²) in [5, 5.41) is 60.7. The lowest BCUT2D eigenvalue weighted by Crippen LogP contribution is -2.48. The van der Waals surface area contributed by atoms with Gasteiger partial charge < -0.3 is 49.6 Å². The van der Waals surface area contributed by atoms with Crippen LogP contribution in [0.1, 0.15) is 30.4 Å². The maximum absolute atomic E-state index is 11.3. The van der Waals surface area contributed by atoms with Crippen molar-refractivity contribution in [2.45, 2.75) is 50.4 Å². The van der Waals surface area contributed by atoms with Gasteiger partial charge in [0, 0.05) is 11.8 Å². The number of methoxy groups -OCH3 is 2. The molecule has 200 valence electrons. The first-order valence-electron chi connectivity index (χ1n) is 11.9. The van der Waals surface area contributed by atoms with Crippen LogP contribution < -0.4 is 14.2 Å². The van der Waals surface area contributed by atoms with Gasteiger partial charge in [0.1, 0.15) is 6.79 Å². The van der Waals surface area contributed by atoms with Gasteiger partial charge in [-0.05, 0) is 67.5 Å². The molecule has 10 heteroatoms. The Morgan fingerprint density at radius 1 is 0.889 bits per heavy atom. The molecule has 0 aromatic heterocycles. The summed E-state index contributed by atoms with van der Waals surface area (Å²) in [6.45, 7) is -1.14. The van der Waals surface area contributed by atoms with E-state index in [0.717, 1.165) is 5.56 Å². The SMILES string of the molecule is COc1cc(CC[C@H](OCO)[C@@H]2CC[C@H](O)[C@@H](Cc3cc(OC)c(O)c(OCO)c3)[C@@H]2O)ccc1O. The predicted molar refractivity (Wildman–Crippen MR) is 129 cm³/mol. The Morgan fingerprint density at radius 3 is 2.25 bits per heavy atom. The standard InChI is InChI=1S/C26H36O10/c1-33-22-10-15(3-6-20(22)30)4-8-21(35-13-27)17-5-7-19(29)18(25(17)31)9-16-11-23(34-2)26(32)24(12-16)36-14-28/h3,6,10-12,17-19,21,25,27-32H,4-5,7-9,13-14H2,1-2H3/t17-,18+,19-,21-,25+/m0/s1. The molecule has 2 aromatic carbocycles. The molecule has 1 fully saturated rings. The number of aromatic hydroxyl groups is 2. The number of hydrogen-bond acceptors (Lipinski definition) is 10. The number of benzene rings is 2. The van der Waals surface area contributed by atoms with Crippen LogP contribution in [-0.2, 0) is 17.6 Å². The molecule has 0 aliphatic heterocycles. The molecule has 1 saturated carbocycles. The number of rotatable bonds is 12. The van der Waals surface area contributed by atoms with Crippen LogP contribution in [0.2, 0.25) is 0 Å². The highest BCUT2D eigenvalue weighted by Gasteiger charge is 2.41. The third-order valence-electron chi connectivity index (χ3n) is 6.91. The Hall–Kier alpha value is -2.76. The van der Waals surface area contributed by atoms with Gasteiger partial charge in [0.05, 0.1) is 32.5 Å². The summed E-state index contributed by atoms with van der Waals surface area (Å²) in [5.74, 6) is -0.535. The van der Waals surface area contributed by atoms with Crippen molar-refractivity contribution in [1.29, 1.82) is 0 Å². The zero-order valence-corrected chi connectivity index (χ0v) is 20.5. The van der Waals surface area contributed by atoms with E-state index in [1.165, 1.54) is 20.3 Å². The van der Waals surface area contributed by atoms with Gasteiger partial charge in [-0.1, -0.05) is 6.07 Å². The van der Waals surface area contributed by atoms with Crippen LogP contribution in [0.5, 0.6) is 28.7 Å². The van der Waals surface area contributed by atoms with Crippen LogP contribution >= 0.6 is 0 Å². The summed E-state index contributed by atoms with van der Waals surface area (Å²) in [5.41, 5.74) is 1.55. The van der Waals surface area contributed by atoms with Crippen molar-refractivity contribution in [2.24, 2.45) is 11.8 Å². The molecule has 0 saturated heterocycles. The molecule has 0 unspecified atom stereocenters. The Kier molecular flexibility index (Phi) is 10.0. The van der Waals surface area contributed by atoms with E-state index >= 15 is 0 Å². The van der Waals surface area contributed by atoms with Crippen LogP contribution in [-0.4, -0.2) is 76.8 Å². The molecule has 1 aliphatic carbocycles. The fourth-order valence-corrected chi connectivity index (χ4v) is 5.02. The van der Waals surface area contributed by atoms with Gasteiger partial charge in [-0.3, -0.25) is 0 Å². The number of aliphatic hydroxyl groups is 4. The quantitative estimate of drug-likeness (QED) is 0.233. The molecule has 0 bridgehead atoms. The average Bonchev–Trinajstić information content (AvgIpc) is 2.87. The number of phenolic OH excluding ortho intramolecular Hbond substituents is 2. The number of aliphatic hydroxyl groups excluding tert-OH is 4. The molecule has 10 nitrogen and oxygen atoms in total. The van der Waals surface area contributed by atoms with Crippen molar-refractivity contribution in [2.75, 3.05) is 27.8 Å². The van der Waals surface area contributed by atoms with E-state index in [2.05, 4.69) is 0 Å². The van der Waals surface area contributed by atoms with Gasteiger partial charge in [-0.2, -0.15) is 0 Å². The zero-order chi connectivity index (χ0) is 26.2. The number of ether oxygens (including phenoxy) is 4. The van der Waals surface area contributed by atoms with Crippen molar-refractivity contribution in [3.8, 4) is 28.7 Å². The summed E-state index contributed by atoms with van der Waals surface area (Å²) in [4.78, 5) is 0. The maximum atomic E-state index is 11.3. The van der Waals surface area contributed by atoms with E-state index in [-0.39, 0.29) is 35.3 Å². The first kappa shape index (κ1) is 27.8. The lowest BCUT2D eigenvalue weighted by atomic mass is 9.71. The Labute approximate surface area is 210 Å². The fraction of sp³-hybridized carbons (Fsp3) is 0.538. The molecule has 5 atom stereocenters. The Morgan fingerprint density at radius 2 is 1.58 bits per heavy atom. The normalized spacial score (nSPS) is 22.7. The third kappa shape index (κ3) is 6.51. The number of phenols is 2. The highest BCUT2D eigenvalue weighted by molar-refractivity contribution is 5.53. The summed E-state index contributed by atoms with van der Waals surface area (Å²) < 4.78 is 21.1. The topological polar surface area (TPSA) is 158 Å². The second kappa shape index (κ2) is 13.0. The molecule has 0 heterocycles. The van der Waals surface area contributed by atoms with E-state index < -0.39 is 37.8 Å². The molecule has 2 aromatic rings. The van der Waals surface area contributed by atoms with Crippen molar-refractivity contribution < 1.29 is 49.6 Å². The molecule has 0 amide bonds. The van der Waals surface area contributed by atoms with Crippen LogP contribution in [0.15, 0.2) is 30.3 Å². The van der Waals surface area contributed by atoms with Gasteiger partial charge >= 0.3 is 0 Å². The molecule has 3 rings (SSSR count). The van der Waals surface area contributed by atoms with E-state index in [1.807, 2.05) is 0 Å². The molecular formula is C26H36O10. The Balaban J connectivity index is 1.77. The molecule has 0 radical (unpaired) electrons. The van der Waals surface area contributed by atoms with E-state index in [9.17, 15) is 25.5 Å². The van der Waals surface area contributed by atoms with Gasteiger partial charge in [0.2, 0.25) is 5.75 Å². The van der Waals surface area contributed by atoms with Crippen LogP contribution in [0.3, 0.4) is 0 Å². The van der Waals surface area contributed by atoms with Gasteiger partial charge in [0.25, 0.3) is 0 Å². The van der Waals surface area contributed by atoms with Crippen molar-refractivity contribution >= 4 is 0 Å². The van der Waals surface area contributed by atoms with Crippen molar-refractivity contribution in [3.63, 3.8) is 0 Å². The lowest BCUT2D eigenvalue weighted by molar-refractivity contribution is -0.136. The van der Waals surface area contributed by atoms with Crippen molar-refractivity contribution in [1.82, 2.24) is 0 Å².